The first-order valence-corrected chi connectivity index (χ1v) is 13.3. The molecular formula is C31H40N4O2. The number of hydrogen-bond donors (Lipinski definition) is 0. The molecule has 0 spiro atoms. The van der Waals surface area contributed by atoms with Crippen molar-refractivity contribution in [1.29, 1.82) is 0 Å². The molecule has 0 radical (unpaired) electrons. The van der Waals surface area contributed by atoms with Gasteiger partial charge in [-0.05, 0) is 52.9 Å². The molecule has 6 nitrogen and oxygen atoms in total. The van der Waals surface area contributed by atoms with Crippen LogP contribution in [0.3, 0.4) is 0 Å². The van der Waals surface area contributed by atoms with Crippen molar-refractivity contribution >= 4 is 11.4 Å². The Kier molecular flexibility index (Phi) is 9.83. The van der Waals surface area contributed by atoms with Crippen LogP contribution < -0.4 is 4.74 Å². The largest absolute Gasteiger partial charge is 0.491 e. The number of hydrogen-bond acceptors (Lipinski definition) is 6. The van der Waals surface area contributed by atoms with Gasteiger partial charge in [0.25, 0.3) is 0 Å². The second-order valence-corrected chi connectivity index (χ2v) is 10.6. The molecule has 1 saturated heterocycles. The molecule has 0 N–H and O–H groups in total. The molecule has 4 rings (SSSR count). The molecule has 3 aromatic rings. The molecule has 0 amide bonds. The Morgan fingerprint density at radius 1 is 0.676 bits per heavy atom. The van der Waals surface area contributed by atoms with Crippen molar-refractivity contribution in [2.75, 3.05) is 52.5 Å². The van der Waals surface area contributed by atoms with Crippen molar-refractivity contribution in [2.24, 2.45) is 10.2 Å². The average molecular weight is 501 g/mol. The Morgan fingerprint density at radius 3 is 1.95 bits per heavy atom. The zero-order chi connectivity index (χ0) is 25.9. The van der Waals surface area contributed by atoms with Crippen LogP contribution in [0.15, 0.2) is 89.1 Å². The summed E-state index contributed by atoms with van der Waals surface area (Å²) in [5.74, 6) is 0.812. The first-order valence-electron chi connectivity index (χ1n) is 13.3. The van der Waals surface area contributed by atoms with Crippen LogP contribution in [-0.2, 0) is 16.7 Å². The standard InChI is InChI=1S/C31H40N4O2/c1-31(2,3)27-11-9-26(10-12-27)25-35-19-17-34(18-20-35)21-22-36-23-24-37-30-15-13-29(14-16-30)33-32-28-7-5-4-6-8-28/h4-16H,17-25H2,1-3H3. The molecular weight excluding hydrogens is 460 g/mol. The summed E-state index contributed by atoms with van der Waals surface area (Å²) in [4.78, 5) is 5.04. The van der Waals surface area contributed by atoms with E-state index in [-0.39, 0.29) is 5.41 Å². The quantitative estimate of drug-likeness (QED) is 0.219. The summed E-state index contributed by atoms with van der Waals surface area (Å²) in [5, 5.41) is 8.49. The maximum absolute atomic E-state index is 5.82. The van der Waals surface area contributed by atoms with Crippen LogP contribution in [0.25, 0.3) is 0 Å². The molecule has 0 saturated carbocycles. The second-order valence-electron chi connectivity index (χ2n) is 10.6. The minimum absolute atomic E-state index is 0.208. The van der Waals surface area contributed by atoms with Gasteiger partial charge in [-0.2, -0.15) is 10.2 Å². The van der Waals surface area contributed by atoms with Crippen LogP contribution in [-0.4, -0.2) is 62.3 Å². The highest BCUT2D eigenvalue weighted by Crippen LogP contribution is 2.23. The summed E-state index contributed by atoms with van der Waals surface area (Å²) in [5.41, 5.74) is 4.64. The maximum Gasteiger partial charge on any atom is 0.119 e. The highest BCUT2D eigenvalue weighted by molar-refractivity contribution is 5.42. The molecule has 0 aromatic heterocycles. The van der Waals surface area contributed by atoms with Crippen molar-refractivity contribution in [3.8, 4) is 5.75 Å². The van der Waals surface area contributed by atoms with E-state index >= 15 is 0 Å². The van der Waals surface area contributed by atoms with Gasteiger partial charge in [0.2, 0.25) is 0 Å². The zero-order valence-corrected chi connectivity index (χ0v) is 22.5. The lowest BCUT2D eigenvalue weighted by atomic mass is 9.87. The lowest BCUT2D eigenvalue weighted by molar-refractivity contribution is 0.0602. The fourth-order valence-electron chi connectivity index (χ4n) is 4.27. The minimum atomic E-state index is 0.208. The van der Waals surface area contributed by atoms with Gasteiger partial charge in [0.1, 0.15) is 12.4 Å². The van der Waals surface area contributed by atoms with Crippen molar-refractivity contribution in [3.63, 3.8) is 0 Å². The normalized spacial score (nSPS) is 15.3. The molecule has 0 unspecified atom stereocenters. The summed E-state index contributed by atoms with van der Waals surface area (Å²) in [7, 11) is 0. The van der Waals surface area contributed by atoms with Crippen LogP contribution >= 0.6 is 0 Å². The third-order valence-corrected chi connectivity index (χ3v) is 6.61. The van der Waals surface area contributed by atoms with Crippen molar-refractivity contribution < 1.29 is 9.47 Å². The molecule has 196 valence electrons. The van der Waals surface area contributed by atoms with E-state index in [9.17, 15) is 0 Å². The molecule has 1 aliphatic rings. The van der Waals surface area contributed by atoms with Crippen molar-refractivity contribution in [2.45, 2.75) is 32.7 Å². The highest BCUT2D eigenvalue weighted by Gasteiger charge is 2.17. The number of piperazine rings is 1. The number of nitrogens with zero attached hydrogens (tertiary/aromatic N) is 4. The lowest BCUT2D eigenvalue weighted by Crippen LogP contribution is -2.46. The predicted molar refractivity (Wildman–Crippen MR) is 150 cm³/mol. The van der Waals surface area contributed by atoms with Crippen LogP contribution in [0.4, 0.5) is 11.4 Å². The van der Waals surface area contributed by atoms with Gasteiger partial charge >= 0.3 is 0 Å². The Morgan fingerprint density at radius 2 is 1.30 bits per heavy atom. The molecule has 1 fully saturated rings. The van der Waals surface area contributed by atoms with Crippen LogP contribution in [0.1, 0.15) is 31.9 Å². The van der Waals surface area contributed by atoms with E-state index in [1.54, 1.807) is 0 Å². The van der Waals surface area contributed by atoms with E-state index in [0.717, 1.165) is 63.0 Å². The molecule has 6 heteroatoms. The smallest absolute Gasteiger partial charge is 0.119 e. The number of benzene rings is 3. The Balaban J connectivity index is 1.06. The zero-order valence-electron chi connectivity index (χ0n) is 22.5. The van der Waals surface area contributed by atoms with Gasteiger partial charge in [-0.1, -0.05) is 63.2 Å². The molecule has 0 bridgehead atoms. The van der Waals surface area contributed by atoms with Crippen LogP contribution in [0, 0.1) is 0 Å². The number of ether oxygens (including phenoxy) is 2. The van der Waals surface area contributed by atoms with Gasteiger partial charge in [-0.25, -0.2) is 0 Å². The summed E-state index contributed by atoms with van der Waals surface area (Å²) in [6.07, 6.45) is 0. The van der Waals surface area contributed by atoms with Gasteiger partial charge in [-0.15, -0.1) is 0 Å². The monoisotopic (exact) mass is 500 g/mol. The van der Waals surface area contributed by atoms with E-state index < -0.39 is 0 Å². The molecule has 0 aliphatic carbocycles. The third-order valence-electron chi connectivity index (χ3n) is 6.61. The fourth-order valence-corrected chi connectivity index (χ4v) is 4.27. The Labute approximate surface area is 221 Å². The summed E-state index contributed by atoms with van der Waals surface area (Å²) >= 11 is 0. The first kappa shape index (κ1) is 27.0. The average Bonchev–Trinajstić information content (AvgIpc) is 2.91. The molecule has 3 aromatic carbocycles. The predicted octanol–water partition coefficient (Wildman–Crippen LogP) is 6.61. The van der Waals surface area contributed by atoms with Crippen molar-refractivity contribution in [1.82, 2.24) is 9.80 Å². The van der Waals surface area contributed by atoms with Gasteiger partial charge < -0.3 is 9.47 Å². The summed E-state index contributed by atoms with van der Waals surface area (Å²) in [6.45, 7) is 15.0. The Bertz CT molecular complexity index is 1080. The lowest BCUT2D eigenvalue weighted by Gasteiger charge is -2.34. The summed E-state index contributed by atoms with van der Waals surface area (Å²) < 4.78 is 11.6. The molecule has 1 aliphatic heterocycles. The van der Waals surface area contributed by atoms with E-state index in [2.05, 4.69) is 65.1 Å². The molecule has 0 atom stereocenters. The highest BCUT2D eigenvalue weighted by atomic mass is 16.5. The van der Waals surface area contributed by atoms with E-state index in [0.29, 0.717) is 13.2 Å². The number of rotatable bonds is 11. The number of azo groups is 1. The maximum atomic E-state index is 5.82. The van der Waals surface area contributed by atoms with E-state index in [1.165, 1.54) is 11.1 Å². The minimum Gasteiger partial charge on any atom is -0.491 e. The van der Waals surface area contributed by atoms with Crippen molar-refractivity contribution in [3.05, 3.63) is 90.0 Å². The first-order chi connectivity index (χ1) is 18.0. The Hall–Kier alpha value is -3.06. The third kappa shape index (κ3) is 9.08. The van der Waals surface area contributed by atoms with Crippen LogP contribution in [0.2, 0.25) is 0 Å². The van der Waals surface area contributed by atoms with Gasteiger partial charge in [0.05, 0.1) is 24.6 Å². The fraction of sp³-hybridized carbons (Fsp3) is 0.419. The summed E-state index contributed by atoms with van der Waals surface area (Å²) in [6, 6.07) is 26.5. The van der Waals surface area contributed by atoms with Gasteiger partial charge in [-0.3, -0.25) is 9.80 Å². The van der Waals surface area contributed by atoms with Crippen LogP contribution in [0.5, 0.6) is 5.75 Å². The topological polar surface area (TPSA) is 49.7 Å². The van der Waals surface area contributed by atoms with E-state index in [4.69, 9.17) is 9.47 Å². The molecule has 1 heterocycles. The SMILES string of the molecule is CC(C)(C)c1ccc(CN2CCN(CCOCCOc3ccc(N=Nc4ccccc4)cc3)CC2)cc1. The van der Waals surface area contributed by atoms with Gasteiger partial charge in [0.15, 0.2) is 0 Å². The second kappa shape index (κ2) is 13.5. The van der Waals surface area contributed by atoms with E-state index in [1.807, 2.05) is 54.6 Å². The molecule has 37 heavy (non-hydrogen) atoms. The van der Waals surface area contributed by atoms with Gasteiger partial charge in [0, 0.05) is 39.3 Å².